The van der Waals surface area contributed by atoms with Crippen molar-refractivity contribution in [1.29, 1.82) is 0 Å². The fourth-order valence-electron chi connectivity index (χ4n) is 1.93. The number of aromatic nitrogens is 1. The summed E-state index contributed by atoms with van der Waals surface area (Å²) in [6, 6.07) is 1.97. The number of hydrogen-bond acceptors (Lipinski definition) is 3. The Kier molecular flexibility index (Phi) is 2.44. The highest BCUT2D eigenvalue weighted by atomic mass is 16.2. The molecule has 1 atom stereocenters. The summed E-state index contributed by atoms with van der Waals surface area (Å²) in [6.45, 7) is 4.53. The molecular formula is C11H15N3O. The first-order chi connectivity index (χ1) is 7.08. The Morgan fingerprint density at radius 1 is 1.53 bits per heavy atom. The second kappa shape index (κ2) is 3.62. The van der Waals surface area contributed by atoms with Crippen molar-refractivity contribution in [1.82, 2.24) is 4.98 Å². The summed E-state index contributed by atoms with van der Waals surface area (Å²) in [7, 11) is 0. The van der Waals surface area contributed by atoms with E-state index in [4.69, 9.17) is 5.73 Å². The van der Waals surface area contributed by atoms with Crippen LogP contribution in [0.15, 0.2) is 12.3 Å². The Morgan fingerprint density at radius 2 is 2.27 bits per heavy atom. The minimum absolute atomic E-state index is 0.0556. The van der Waals surface area contributed by atoms with Gasteiger partial charge in [0, 0.05) is 25.2 Å². The maximum absolute atomic E-state index is 11.6. The summed E-state index contributed by atoms with van der Waals surface area (Å²) in [6.07, 6.45) is 2.20. The van der Waals surface area contributed by atoms with Crippen LogP contribution in [0.1, 0.15) is 17.5 Å². The molecule has 1 aromatic rings. The van der Waals surface area contributed by atoms with Gasteiger partial charge in [0.15, 0.2) is 0 Å². The van der Waals surface area contributed by atoms with Crippen molar-refractivity contribution in [3.63, 3.8) is 0 Å². The van der Waals surface area contributed by atoms with Crippen molar-refractivity contribution in [2.45, 2.75) is 26.3 Å². The molecule has 2 rings (SSSR count). The van der Waals surface area contributed by atoms with Crippen LogP contribution in [-0.2, 0) is 4.79 Å². The lowest BCUT2D eigenvalue weighted by atomic mass is 10.2. The SMILES string of the molecule is Cc1cnc(N2CC(N)CC2=O)c(C)c1. The number of hydrogen-bond donors (Lipinski definition) is 1. The van der Waals surface area contributed by atoms with Crippen molar-refractivity contribution in [3.8, 4) is 0 Å². The summed E-state index contributed by atoms with van der Waals surface area (Å²) in [5.74, 6) is 0.820. The van der Waals surface area contributed by atoms with Crippen LogP contribution in [0.25, 0.3) is 0 Å². The number of carbonyl (C=O) groups is 1. The average molecular weight is 205 g/mol. The van der Waals surface area contributed by atoms with Crippen LogP contribution in [0.5, 0.6) is 0 Å². The molecule has 2 N–H and O–H groups in total. The molecule has 80 valence electrons. The highest BCUT2D eigenvalue weighted by molar-refractivity contribution is 5.95. The molecule has 0 radical (unpaired) electrons. The Labute approximate surface area is 89.1 Å². The first-order valence-electron chi connectivity index (χ1n) is 5.07. The van der Waals surface area contributed by atoms with Gasteiger partial charge < -0.3 is 5.73 Å². The molecule has 1 saturated heterocycles. The Hall–Kier alpha value is -1.42. The molecule has 0 bridgehead atoms. The molecule has 2 heterocycles. The van der Waals surface area contributed by atoms with E-state index in [9.17, 15) is 4.79 Å². The van der Waals surface area contributed by atoms with Gasteiger partial charge in [-0.1, -0.05) is 6.07 Å². The minimum Gasteiger partial charge on any atom is -0.326 e. The van der Waals surface area contributed by atoms with Gasteiger partial charge in [0.2, 0.25) is 5.91 Å². The lowest BCUT2D eigenvalue weighted by Gasteiger charge is -2.17. The third-order valence-corrected chi connectivity index (χ3v) is 2.60. The van der Waals surface area contributed by atoms with E-state index >= 15 is 0 Å². The Bertz CT molecular complexity index is 403. The van der Waals surface area contributed by atoms with E-state index in [-0.39, 0.29) is 11.9 Å². The van der Waals surface area contributed by atoms with E-state index in [0.717, 1.165) is 16.9 Å². The summed E-state index contributed by atoms with van der Waals surface area (Å²) in [5.41, 5.74) is 7.87. The van der Waals surface area contributed by atoms with E-state index in [1.807, 2.05) is 19.9 Å². The molecule has 0 aliphatic carbocycles. The highest BCUT2D eigenvalue weighted by Crippen LogP contribution is 2.22. The molecule has 15 heavy (non-hydrogen) atoms. The molecular weight excluding hydrogens is 190 g/mol. The number of nitrogens with zero attached hydrogens (tertiary/aromatic N) is 2. The predicted octanol–water partition coefficient (Wildman–Crippen LogP) is 0.762. The molecule has 1 unspecified atom stereocenters. The second-order valence-electron chi connectivity index (χ2n) is 4.12. The van der Waals surface area contributed by atoms with Crippen molar-refractivity contribution in [2.75, 3.05) is 11.4 Å². The predicted molar refractivity (Wildman–Crippen MR) is 58.7 cm³/mol. The molecule has 4 nitrogen and oxygen atoms in total. The first kappa shape index (κ1) is 10.1. The topological polar surface area (TPSA) is 59.2 Å². The van der Waals surface area contributed by atoms with Crippen molar-refractivity contribution >= 4 is 11.7 Å². The third-order valence-electron chi connectivity index (χ3n) is 2.60. The number of amides is 1. The van der Waals surface area contributed by atoms with Gasteiger partial charge in [-0.3, -0.25) is 9.69 Å². The Morgan fingerprint density at radius 3 is 2.80 bits per heavy atom. The number of carbonyl (C=O) groups excluding carboxylic acids is 1. The molecule has 4 heteroatoms. The molecule has 0 spiro atoms. The molecule has 0 aromatic carbocycles. The fraction of sp³-hybridized carbons (Fsp3) is 0.455. The van der Waals surface area contributed by atoms with Crippen LogP contribution in [0.3, 0.4) is 0 Å². The van der Waals surface area contributed by atoms with Crippen LogP contribution in [0.2, 0.25) is 0 Å². The van der Waals surface area contributed by atoms with Crippen LogP contribution in [0, 0.1) is 13.8 Å². The molecule has 1 aliphatic rings. The van der Waals surface area contributed by atoms with Gasteiger partial charge >= 0.3 is 0 Å². The van der Waals surface area contributed by atoms with Gasteiger partial charge in [0.05, 0.1) is 0 Å². The van der Waals surface area contributed by atoms with Gasteiger partial charge in [-0.05, 0) is 25.0 Å². The number of aryl methyl sites for hydroxylation is 2. The number of rotatable bonds is 1. The fourth-order valence-corrected chi connectivity index (χ4v) is 1.93. The summed E-state index contributed by atoms with van der Waals surface area (Å²) < 4.78 is 0. The highest BCUT2D eigenvalue weighted by Gasteiger charge is 2.29. The maximum Gasteiger partial charge on any atom is 0.229 e. The Balaban J connectivity index is 2.34. The lowest BCUT2D eigenvalue weighted by molar-refractivity contribution is -0.117. The summed E-state index contributed by atoms with van der Waals surface area (Å²) in [5, 5.41) is 0. The van der Waals surface area contributed by atoms with Gasteiger partial charge in [-0.25, -0.2) is 4.98 Å². The van der Waals surface area contributed by atoms with E-state index in [1.165, 1.54) is 0 Å². The quantitative estimate of drug-likeness (QED) is 0.736. The van der Waals surface area contributed by atoms with Crippen LogP contribution >= 0.6 is 0 Å². The number of nitrogens with two attached hydrogens (primary N) is 1. The monoisotopic (exact) mass is 205 g/mol. The second-order valence-corrected chi connectivity index (χ2v) is 4.12. The molecule has 0 saturated carbocycles. The number of anilines is 1. The minimum atomic E-state index is -0.0556. The summed E-state index contributed by atoms with van der Waals surface area (Å²) >= 11 is 0. The zero-order chi connectivity index (χ0) is 11.0. The molecule has 1 aliphatic heterocycles. The van der Waals surface area contributed by atoms with Crippen molar-refractivity contribution in [2.24, 2.45) is 5.73 Å². The van der Waals surface area contributed by atoms with Crippen LogP contribution in [-0.4, -0.2) is 23.5 Å². The zero-order valence-electron chi connectivity index (χ0n) is 9.03. The van der Waals surface area contributed by atoms with Crippen molar-refractivity contribution < 1.29 is 4.79 Å². The first-order valence-corrected chi connectivity index (χ1v) is 5.07. The van der Waals surface area contributed by atoms with E-state index in [2.05, 4.69) is 4.98 Å². The standard InChI is InChI=1S/C11H15N3O/c1-7-3-8(2)11(13-5-7)14-6-9(12)4-10(14)15/h3,5,9H,4,6,12H2,1-2H3. The van der Waals surface area contributed by atoms with Gasteiger partial charge in [-0.15, -0.1) is 0 Å². The average Bonchev–Trinajstić information content (AvgIpc) is 2.45. The summed E-state index contributed by atoms with van der Waals surface area (Å²) in [4.78, 5) is 17.6. The van der Waals surface area contributed by atoms with E-state index < -0.39 is 0 Å². The van der Waals surface area contributed by atoms with Crippen LogP contribution < -0.4 is 10.6 Å². The normalized spacial score (nSPS) is 21.1. The van der Waals surface area contributed by atoms with E-state index in [1.54, 1.807) is 11.1 Å². The molecule has 1 amide bonds. The zero-order valence-corrected chi connectivity index (χ0v) is 9.03. The molecule has 1 aromatic heterocycles. The van der Waals surface area contributed by atoms with E-state index in [0.29, 0.717) is 13.0 Å². The molecule has 1 fully saturated rings. The van der Waals surface area contributed by atoms with Crippen molar-refractivity contribution in [3.05, 3.63) is 23.4 Å². The van der Waals surface area contributed by atoms with Gasteiger partial charge in [0.1, 0.15) is 5.82 Å². The van der Waals surface area contributed by atoms with Gasteiger partial charge in [0.25, 0.3) is 0 Å². The third kappa shape index (κ3) is 1.85. The lowest BCUT2D eigenvalue weighted by Crippen LogP contribution is -2.29. The smallest absolute Gasteiger partial charge is 0.229 e. The number of pyridine rings is 1. The van der Waals surface area contributed by atoms with Gasteiger partial charge in [-0.2, -0.15) is 0 Å². The van der Waals surface area contributed by atoms with Crippen LogP contribution in [0.4, 0.5) is 5.82 Å². The maximum atomic E-state index is 11.6. The largest absolute Gasteiger partial charge is 0.326 e.